The van der Waals surface area contributed by atoms with Crippen molar-refractivity contribution in [3.05, 3.63) is 54.4 Å². The van der Waals surface area contributed by atoms with Crippen molar-refractivity contribution in [2.75, 3.05) is 5.32 Å². The molecule has 1 aromatic carbocycles. The zero-order chi connectivity index (χ0) is 21.5. The normalized spacial score (nSPS) is 25.1. The van der Waals surface area contributed by atoms with Crippen LogP contribution in [0.1, 0.15) is 31.9 Å². The molecule has 3 atom stereocenters. The third-order valence-corrected chi connectivity index (χ3v) is 6.70. The second-order valence-corrected chi connectivity index (χ2v) is 8.63. The lowest BCUT2D eigenvalue weighted by Crippen LogP contribution is -2.27. The van der Waals surface area contributed by atoms with Gasteiger partial charge in [-0.2, -0.15) is 0 Å². The minimum absolute atomic E-state index is 0.0214. The predicted molar refractivity (Wildman–Crippen MR) is 115 cm³/mol. The number of amides is 1. The van der Waals surface area contributed by atoms with E-state index in [2.05, 4.69) is 27.2 Å². The Labute approximate surface area is 180 Å². The highest BCUT2D eigenvalue weighted by atomic mass is 19.1. The third kappa shape index (κ3) is 3.84. The Morgan fingerprint density at radius 2 is 2.00 bits per heavy atom. The van der Waals surface area contributed by atoms with E-state index in [0.717, 1.165) is 30.5 Å². The minimum atomic E-state index is -0.297. The number of nitrogens with one attached hydrogen (secondary N) is 1. The van der Waals surface area contributed by atoms with Gasteiger partial charge in [-0.3, -0.25) is 14.8 Å². The number of fused-ring (bicyclic) bond motifs is 2. The molecule has 5 rings (SSSR count). The Morgan fingerprint density at radius 3 is 2.71 bits per heavy atom. The van der Waals surface area contributed by atoms with Crippen molar-refractivity contribution >= 4 is 22.6 Å². The molecular weight excluding hydrogens is 395 g/mol. The number of aromatic nitrogens is 3. The summed E-state index contributed by atoms with van der Waals surface area (Å²) in [6, 6.07) is 6.35. The Balaban J connectivity index is 1.22. The molecular formula is C24H25FN4O2. The predicted octanol–water partition coefficient (Wildman–Crippen LogP) is 4.54. The number of carbonyl (C=O) groups is 1. The monoisotopic (exact) mass is 420 g/mol. The smallest absolute Gasteiger partial charge is 0.228 e. The number of carbonyl (C=O) groups excluding carboxylic acids is 1. The van der Waals surface area contributed by atoms with E-state index in [4.69, 9.17) is 4.74 Å². The lowest BCUT2D eigenvalue weighted by atomic mass is 9.93. The first-order chi connectivity index (χ1) is 15.0. The van der Waals surface area contributed by atoms with Crippen molar-refractivity contribution in [1.29, 1.82) is 0 Å². The van der Waals surface area contributed by atoms with Crippen LogP contribution >= 0.6 is 0 Å². The number of rotatable bonds is 6. The number of benzene rings is 1. The summed E-state index contributed by atoms with van der Waals surface area (Å²) >= 11 is 0. The molecule has 31 heavy (non-hydrogen) atoms. The van der Waals surface area contributed by atoms with Crippen LogP contribution in [0.2, 0.25) is 0 Å². The second kappa shape index (κ2) is 7.87. The average Bonchev–Trinajstić information content (AvgIpc) is 3.23. The van der Waals surface area contributed by atoms with Gasteiger partial charge in [-0.1, -0.05) is 6.92 Å². The van der Waals surface area contributed by atoms with E-state index in [1.165, 1.54) is 12.1 Å². The van der Waals surface area contributed by atoms with Crippen molar-refractivity contribution in [2.24, 2.45) is 23.7 Å². The van der Waals surface area contributed by atoms with E-state index in [1.54, 1.807) is 30.7 Å². The largest absolute Gasteiger partial charge is 0.490 e. The summed E-state index contributed by atoms with van der Waals surface area (Å²) in [5.74, 6) is 2.24. The van der Waals surface area contributed by atoms with Gasteiger partial charge in [0.15, 0.2) is 5.82 Å². The fraction of sp³-hybridized carbons (Fsp3) is 0.417. The van der Waals surface area contributed by atoms with Gasteiger partial charge in [0.25, 0.3) is 0 Å². The number of hydrogen-bond acceptors (Lipinski definition) is 5. The van der Waals surface area contributed by atoms with Gasteiger partial charge in [-0.05, 0) is 68.2 Å². The maximum Gasteiger partial charge on any atom is 0.228 e. The quantitative estimate of drug-likeness (QED) is 0.634. The SMILES string of the molecule is CCC(C(=O)Nc1cnc(C)cn1)C1C2CC(Oc3ccnc4ccc(F)cc34)CC21. The van der Waals surface area contributed by atoms with Gasteiger partial charge in [0.05, 0.1) is 29.7 Å². The number of pyridine rings is 1. The van der Waals surface area contributed by atoms with Crippen LogP contribution in [-0.4, -0.2) is 27.0 Å². The van der Waals surface area contributed by atoms with Gasteiger partial charge >= 0.3 is 0 Å². The van der Waals surface area contributed by atoms with Crippen LogP contribution < -0.4 is 10.1 Å². The van der Waals surface area contributed by atoms with Gasteiger partial charge in [0.2, 0.25) is 5.91 Å². The van der Waals surface area contributed by atoms with Crippen molar-refractivity contribution in [3.8, 4) is 5.75 Å². The molecule has 0 bridgehead atoms. The molecule has 2 aromatic heterocycles. The maximum atomic E-state index is 13.7. The third-order valence-electron chi connectivity index (χ3n) is 6.70. The van der Waals surface area contributed by atoms with Crippen LogP contribution in [0.3, 0.4) is 0 Å². The molecule has 0 saturated heterocycles. The molecule has 0 radical (unpaired) electrons. The molecule has 1 N–H and O–H groups in total. The van der Waals surface area contributed by atoms with Crippen molar-refractivity contribution in [3.63, 3.8) is 0 Å². The van der Waals surface area contributed by atoms with Gasteiger partial charge < -0.3 is 10.1 Å². The standard InChI is InChI=1S/C24H25FN4O2/c1-3-16(24(30)29-22-12-27-13(2)11-28-22)23-17-9-15(10-18(17)23)31-21-6-7-26-20-5-4-14(25)8-19(20)21/h4-8,11-12,15-18,23H,3,9-10H2,1-2H3,(H,28,29,30). The first-order valence-corrected chi connectivity index (χ1v) is 10.8. The summed E-state index contributed by atoms with van der Waals surface area (Å²) in [4.78, 5) is 25.5. The summed E-state index contributed by atoms with van der Waals surface area (Å²) < 4.78 is 19.9. The Hall–Kier alpha value is -3.09. The summed E-state index contributed by atoms with van der Waals surface area (Å²) in [7, 11) is 0. The van der Waals surface area contributed by atoms with E-state index in [9.17, 15) is 9.18 Å². The van der Waals surface area contributed by atoms with Gasteiger partial charge in [-0.15, -0.1) is 0 Å². The number of aryl methyl sites for hydroxylation is 1. The molecule has 2 fully saturated rings. The van der Waals surface area contributed by atoms with Crippen LogP contribution in [0.25, 0.3) is 10.9 Å². The molecule has 1 amide bonds. The molecule has 0 aliphatic heterocycles. The lowest BCUT2D eigenvalue weighted by Gasteiger charge is -2.21. The number of anilines is 1. The molecule has 3 unspecified atom stereocenters. The van der Waals surface area contributed by atoms with E-state index in [1.807, 2.05) is 6.92 Å². The zero-order valence-electron chi connectivity index (χ0n) is 17.6. The lowest BCUT2D eigenvalue weighted by molar-refractivity contribution is -0.121. The number of halogens is 1. The molecule has 6 nitrogen and oxygen atoms in total. The molecule has 2 heterocycles. The van der Waals surface area contributed by atoms with Crippen LogP contribution in [-0.2, 0) is 4.79 Å². The molecule has 2 saturated carbocycles. The number of ether oxygens (including phenoxy) is 1. The maximum absolute atomic E-state index is 13.7. The topological polar surface area (TPSA) is 77.0 Å². The number of nitrogens with zero attached hydrogens (tertiary/aromatic N) is 3. The molecule has 7 heteroatoms. The fourth-order valence-corrected chi connectivity index (χ4v) is 5.22. The molecule has 2 aliphatic carbocycles. The first-order valence-electron chi connectivity index (χ1n) is 10.8. The highest BCUT2D eigenvalue weighted by Crippen LogP contribution is 2.62. The molecule has 160 valence electrons. The Bertz CT molecular complexity index is 1110. The van der Waals surface area contributed by atoms with Crippen LogP contribution in [0, 0.1) is 36.4 Å². The van der Waals surface area contributed by atoms with E-state index in [-0.39, 0.29) is 23.7 Å². The zero-order valence-corrected chi connectivity index (χ0v) is 17.6. The minimum Gasteiger partial charge on any atom is -0.490 e. The van der Waals surface area contributed by atoms with Gasteiger partial charge in [0.1, 0.15) is 11.6 Å². The second-order valence-electron chi connectivity index (χ2n) is 8.63. The number of hydrogen-bond donors (Lipinski definition) is 1. The summed E-state index contributed by atoms with van der Waals surface area (Å²) in [6.45, 7) is 3.92. The van der Waals surface area contributed by atoms with Crippen molar-refractivity contribution in [1.82, 2.24) is 15.0 Å². The van der Waals surface area contributed by atoms with Gasteiger partial charge in [-0.25, -0.2) is 9.37 Å². The van der Waals surface area contributed by atoms with Crippen LogP contribution in [0.4, 0.5) is 10.2 Å². The Kier molecular flexibility index (Phi) is 5.04. The highest BCUT2D eigenvalue weighted by molar-refractivity contribution is 5.92. The molecule has 3 aromatic rings. The van der Waals surface area contributed by atoms with Gasteiger partial charge in [0, 0.05) is 17.5 Å². The van der Waals surface area contributed by atoms with Crippen LogP contribution in [0.15, 0.2) is 42.9 Å². The molecule has 2 aliphatic rings. The summed E-state index contributed by atoms with van der Waals surface area (Å²) in [6.07, 6.45) is 7.66. The Morgan fingerprint density at radius 1 is 1.19 bits per heavy atom. The summed E-state index contributed by atoms with van der Waals surface area (Å²) in [5, 5.41) is 3.62. The van der Waals surface area contributed by atoms with E-state index < -0.39 is 0 Å². The van der Waals surface area contributed by atoms with Crippen molar-refractivity contribution < 1.29 is 13.9 Å². The highest BCUT2D eigenvalue weighted by Gasteiger charge is 2.60. The fourth-order valence-electron chi connectivity index (χ4n) is 5.22. The van der Waals surface area contributed by atoms with E-state index in [0.29, 0.717) is 34.7 Å². The average molecular weight is 420 g/mol. The van der Waals surface area contributed by atoms with E-state index >= 15 is 0 Å². The van der Waals surface area contributed by atoms with Crippen LogP contribution in [0.5, 0.6) is 5.75 Å². The first kappa shape index (κ1) is 19.8. The van der Waals surface area contributed by atoms with Crippen molar-refractivity contribution in [2.45, 2.75) is 39.2 Å². The molecule has 0 spiro atoms. The summed E-state index contributed by atoms with van der Waals surface area (Å²) in [5.41, 5.74) is 1.54.